The number of ketones is 2. The Balaban J connectivity index is 2.21. The molecule has 8 heteroatoms. The Morgan fingerprint density at radius 1 is 1.00 bits per heavy atom. The maximum atomic E-state index is 12.0. The summed E-state index contributed by atoms with van der Waals surface area (Å²) in [7, 11) is -4.48. The summed E-state index contributed by atoms with van der Waals surface area (Å²) in [6.45, 7) is 4.76. The van der Waals surface area contributed by atoms with Gasteiger partial charge in [0.2, 0.25) is 11.6 Å². The number of rotatable bonds is 5. The van der Waals surface area contributed by atoms with E-state index in [1.165, 1.54) is 13.0 Å². The van der Waals surface area contributed by atoms with Gasteiger partial charge in [-0.05, 0) is 32.4 Å². The van der Waals surface area contributed by atoms with Crippen LogP contribution < -0.4 is 0 Å². The van der Waals surface area contributed by atoms with Gasteiger partial charge in [0.1, 0.15) is 16.4 Å². The van der Waals surface area contributed by atoms with Crippen molar-refractivity contribution in [3.8, 4) is 0 Å². The fraction of sp³-hybridized carbons (Fsp3) is 0.286. The summed E-state index contributed by atoms with van der Waals surface area (Å²) in [5.74, 6) is -1.03. The molecular weight excluding hydrogens is 312 g/mol. The third-order valence-electron chi connectivity index (χ3n) is 3.19. The van der Waals surface area contributed by atoms with Gasteiger partial charge in [0.25, 0.3) is 10.1 Å². The van der Waals surface area contributed by atoms with E-state index < -0.39 is 33.0 Å². The van der Waals surface area contributed by atoms with Crippen molar-refractivity contribution < 1.29 is 31.4 Å². The van der Waals surface area contributed by atoms with E-state index in [1.807, 2.05) is 0 Å². The molecule has 0 unspecified atom stereocenters. The van der Waals surface area contributed by atoms with Crippen molar-refractivity contribution in [2.45, 2.75) is 32.1 Å². The third-order valence-corrected chi connectivity index (χ3v) is 4.15. The molecule has 0 aliphatic heterocycles. The van der Waals surface area contributed by atoms with Crippen molar-refractivity contribution >= 4 is 21.7 Å². The predicted molar refractivity (Wildman–Crippen MR) is 74.7 cm³/mol. The summed E-state index contributed by atoms with van der Waals surface area (Å²) in [5, 5.41) is 0. The van der Waals surface area contributed by atoms with Gasteiger partial charge in [0, 0.05) is 6.07 Å². The SMILES string of the molecule is Cc1cc(C(=O)CC(=O)c2cc(S(=O)(=O)O)c(C)o2)oc1C. The zero-order valence-corrected chi connectivity index (χ0v) is 13.0. The van der Waals surface area contributed by atoms with E-state index in [-0.39, 0.29) is 17.3 Å². The average Bonchev–Trinajstić information content (AvgIpc) is 2.93. The van der Waals surface area contributed by atoms with Gasteiger partial charge < -0.3 is 8.83 Å². The molecule has 2 heterocycles. The van der Waals surface area contributed by atoms with Crippen molar-refractivity contribution in [2.24, 2.45) is 0 Å². The van der Waals surface area contributed by atoms with Crippen molar-refractivity contribution in [3.05, 3.63) is 40.7 Å². The second-order valence-electron chi connectivity index (χ2n) is 4.88. The smallest absolute Gasteiger partial charge is 0.298 e. The Morgan fingerprint density at radius 3 is 1.91 bits per heavy atom. The molecule has 0 aliphatic carbocycles. The molecule has 0 aromatic carbocycles. The lowest BCUT2D eigenvalue weighted by molar-refractivity contribution is 0.0862. The van der Waals surface area contributed by atoms with Gasteiger partial charge in [0.15, 0.2) is 11.5 Å². The molecule has 0 amide bonds. The van der Waals surface area contributed by atoms with E-state index in [9.17, 15) is 18.0 Å². The molecular formula is C14H14O7S. The van der Waals surface area contributed by atoms with Gasteiger partial charge in [-0.25, -0.2) is 0 Å². The molecule has 2 aromatic heterocycles. The lowest BCUT2D eigenvalue weighted by Gasteiger charge is -1.95. The molecule has 0 saturated carbocycles. The van der Waals surface area contributed by atoms with Gasteiger partial charge in [-0.1, -0.05) is 0 Å². The molecule has 22 heavy (non-hydrogen) atoms. The van der Waals surface area contributed by atoms with Crippen LogP contribution in [0.25, 0.3) is 0 Å². The van der Waals surface area contributed by atoms with Gasteiger partial charge >= 0.3 is 0 Å². The maximum Gasteiger partial charge on any atom is 0.298 e. The molecule has 1 N–H and O–H groups in total. The van der Waals surface area contributed by atoms with Crippen molar-refractivity contribution in [2.75, 3.05) is 0 Å². The molecule has 0 fully saturated rings. The standard InChI is InChI=1S/C14H14O7S/c1-7-4-12(20-8(7)2)10(15)5-11(16)13-6-14(9(3)21-13)22(17,18)19/h4,6H,5H2,1-3H3,(H,17,18,19). The highest BCUT2D eigenvalue weighted by molar-refractivity contribution is 7.85. The minimum absolute atomic E-state index is 0.0571. The molecule has 118 valence electrons. The van der Waals surface area contributed by atoms with Crippen molar-refractivity contribution in [1.82, 2.24) is 0 Å². The van der Waals surface area contributed by atoms with Gasteiger partial charge in [-0.2, -0.15) is 8.42 Å². The normalized spacial score (nSPS) is 11.6. The Labute approximate surface area is 126 Å². The number of Topliss-reactive ketones (excluding diaryl/α,β-unsaturated/α-hetero) is 2. The molecule has 0 atom stereocenters. The molecule has 0 saturated heterocycles. The first kappa shape index (κ1) is 16.2. The van der Waals surface area contributed by atoms with E-state index in [0.29, 0.717) is 5.76 Å². The average molecular weight is 326 g/mol. The highest BCUT2D eigenvalue weighted by atomic mass is 32.2. The quantitative estimate of drug-likeness (QED) is 0.510. The molecule has 2 rings (SSSR count). The summed E-state index contributed by atoms with van der Waals surface area (Å²) >= 11 is 0. The van der Waals surface area contributed by atoms with Gasteiger partial charge in [0.05, 0.1) is 6.42 Å². The lowest BCUT2D eigenvalue weighted by Crippen LogP contribution is -2.07. The number of hydrogen-bond acceptors (Lipinski definition) is 6. The number of carbonyl (C=O) groups excluding carboxylic acids is 2. The second-order valence-corrected chi connectivity index (χ2v) is 6.27. The molecule has 2 aromatic rings. The van der Waals surface area contributed by atoms with Crippen LogP contribution in [-0.2, 0) is 10.1 Å². The minimum Gasteiger partial charge on any atom is -0.458 e. The minimum atomic E-state index is -4.48. The Hall–Kier alpha value is -2.19. The van der Waals surface area contributed by atoms with Crippen LogP contribution in [0.2, 0.25) is 0 Å². The first-order valence-electron chi connectivity index (χ1n) is 6.31. The van der Waals surface area contributed by atoms with Gasteiger partial charge in [-0.15, -0.1) is 0 Å². The van der Waals surface area contributed by atoms with Crippen LogP contribution in [-0.4, -0.2) is 24.5 Å². The van der Waals surface area contributed by atoms with Crippen LogP contribution in [0.1, 0.15) is 44.6 Å². The van der Waals surface area contributed by atoms with E-state index >= 15 is 0 Å². The van der Waals surface area contributed by atoms with Crippen molar-refractivity contribution in [3.63, 3.8) is 0 Å². The van der Waals surface area contributed by atoms with Crippen LogP contribution in [0.4, 0.5) is 0 Å². The molecule has 0 radical (unpaired) electrons. The van der Waals surface area contributed by atoms with Crippen molar-refractivity contribution in [1.29, 1.82) is 0 Å². The zero-order valence-electron chi connectivity index (χ0n) is 12.2. The molecule has 0 aliphatic rings. The molecule has 0 spiro atoms. The van der Waals surface area contributed by atoms with Crippen LogP contribution in [0.15, 0.2) is 25.9 Å². The first-order valence-corrected chi connectivity index (χ1v) is 7.75. The first-order chi connectivity index (χ1) is 10.1. The number of aryl methyl sites for hydroxylation is 3. The topological polar surface area (TPSA) is 115 Å². The summed E-state index contributed by atoms with van der Waals surface area (Å²) in [6.07, 6.45) is -0.524. The van der Waals surface area contributed by atoms with Crippen LogP contribution in [0.5, 0.6) is 0 Å². The Morgan fingerprint density at radius 2 is 1.50 bits per heavy atom. The monoisotopic (exact) mass is 326 g/mol. The number of carbonyl (C=O) groups is 2. The zero-order chi connectivity index (χ0) is 16.7. The second kappa shape index (κ2) is 5.54. The summed E-state index contributed by atoms with van der Waals surface area (Å²) < 4.78 is 41.4. The van der Waals surface area contributed by atoms with Crippen LogP contribution in [0, 0.1) is 20.8 Å². The van der Waals surface area contributed by atoms with E-state index in [1.54, 1.807) is 13.8 Å². The van der Waals surface area contributed by atoms with Gasteiger partial charge in [-0.3, -0.25) is 14.1 Å². The lowest BCUT2D eigenvalue weighted by atomic mass is 10.1. The highest BCUT2D eigenvalue weighted by Gasteiger charge is 2.24. The number of furan rings is 2. The Kier molecular flexibility index (Phi) is 4.08. The maximum absolute atomic E-state index is 12.0. The highest BCUT2D eigenvalue weighted by Crippen LogP contribution is 2.22. The number of hydrogen-bond donors (Lipinski definition) is 1. The molecule has 7 nitrogen and oxygen atoms in total. The van der Waals surface area contributed by atoms with E-state index in [0.717, 1.165) is 11.6 Å². The summed E-state index contributed by atoms with van der Waals surface area (Å²) in [4.78, 5) is 23.4. The Bertz CT molecular complexity index is 832. The third kappa shape index (κ3) is 3.18. The molecule has 0 bridgehead atoms. The summed E-state index contributed by atoms with van der Waals surface area (Å²) in [6, 6.07) is 2.43. The fourth-order valence-corrected chi connectivity index (χ4v) is 2.55. The van der Waals surface area contributed by atoms with Crippen LogP contribution in [0.3, 0.4) is 0 Å². The summed E-state index contributed by atoms with van der Waals surface area (Å²) in [5.41, 5.74) is 0.790. The largest absolute Gasteiger partial charge is 0.458 e. The van der Waals surface area contributed by atoms with E-state index in [4.69, 9.17) is 13.4 Å². The van der Waals surface area contributed by atoms with E-state index in [2.05, 4.69) is 0 Å². The predicted octanol–water partition coefficient (Wildman–Crippen LogP) is 2.50. The van der Waals surface area contributed by atoms with Crippen LogP contribution >= 0.6 is 0 Å². The fourth-order valence-electron chi connectivity index (χ4n) is 1.89.